The molecular formula is C14H20N2OS. The summed E-state index contributed by atoms with van der Waals surface area (Å²) in [4.78, 5) is 0. The summed E-state index contributed by atoms with van der Waals surface area (Å²) < 4.78 is 0. The molecule has 1 aromatic carbocycles. The fourth-order valence-electron chi connectivity index (χ4n) is 2.41. The lowest BCUT2D eigenvalue weighted by Crippen LogP contribution is -2.43. The summed E-state index contributed by atoms with van der Waals surface area (Å²) in [6.07, 6.45) is 5.08. The second kappa shape index (κ2) is 6.05. The van der Waals surface area contributed by atoms with Gasteiger partial charge in [-0.3, -0.25) is 0 Å². The van der Waals surface area contributed by atoms with Gasteiger partial charge in [0.2, 0.25) is 0 Å². The zero-order valence-corrected chi connectivity index (χ0v) is 11.5. The summed E-state index contributed by atoms with van der Waals surface area (Å²) in [5, 5.41) is 16.4. The summed E-state index contributed by atoms with van der Waals surface area (Å²) in [6.45, 7) is 2.28. The van der Waals surface area contributed by atoms with E-state index in [0.29, 0.717) is 17.1 Å². The number of hydrogen-bond acceptors (Lipinski definition) is 2. The topological polar surface area (TPSA) is 44.3 Å². The lowest BCUT2D eigenvalue weighted by atomic mass is 9.86. The number of nitrogens with one attached hydrogen (secondary N) is 2. The molecule has 4 heteroatoms. The van der Waals surface area contributed by atoms with Gasteiger partial charge in [0.05, 0.1) is 0 Å². The maximum absolute atomic E-state index is 9.21. The number of anilines is 1. The Morgan fingerprint density at radius 1 is 1.22 bits per heavy atom. The standard InChI is InChI=1S/C14H20N2OS/c1-10-4-2-3-5-13(10)16-14(18)15-11-6-8-12(17)9-7-11/h6-10,13,17H,2-5H2,1H3,(H2,15,16,18)/t10-,13-/m0/s1. The summed E-state index contributed by atoms with van der Waals surface area (Å²) in [5.74, 6) is 0.943. The van der Waals surface area contributed by atoms with Crippen molar-refractivity contribution in [1.82, 2.24) is 5.32 Å². The third-order valence-corrected chi connectivity index (χ3v) is 3.77. The van der Waals surface area contributed by atoms with Crippen LogP contribution >= 0.6 is 12.2 Å². The van der Waals surface area contributed by atoms with Crippen LogP contribution in [0.4, 0.5) is 5.69 Å². The van der Waals surface area contributed by atoms with Crippen LogP contribution in [0.5, 0.6) is 5.75 Å². The van der Waals surface area contributed by atoms with E-state index in [1.165, 1.54) is 25.7 Å². The minimum absolute atomic E-state index is 0.264. The molecule has 1 aliphatic rings. The Bertz CT molecular complexity index is 405. The van der Waals surface area contributed by atoms with Gasteiger partial charge < -0.3 is 15.7 Å². The van der Waals surface area contributed by atoms with E-state index in [2.05, 4.69) is 17.6 Å². The molecule has 0 aliphatic heterocycles. The van der Waals surface area contributed by atoms with Gasteiger partial charge in [0.1, 0.15) is 5.75 Å². The van der Waals surface area contributed by atoms with E-state index in [4.69, 9.17) is 12.2 Å². The van der Waals surface area contributed by atoms with Gasteiger partial charge in [-0.05, 0) is 55.2 Å². The van der Waals surface area contributed by atoms with Crippen molar-refractivity contribution in [2.75, 3.05) is 5.32 Å². The molecule has 0 saturated heterocycles. The monoisotopic (exact) mass is 264 g/mol. The van der Waals surface area contributed by atoms with Crippen molar-refractivity contribution < 1.29 is 5.11 Å². The maximum Gasteiger partial charge on any atom is 0.171 e. The fraction of sp³-hybridized carbons (Fsp3) is 0.500. The van der Waals surface area contributed by atoms with Crippen LogP contribution in [-0.2, 0) is 0 Å². The number of benzene rings is 1. The number of phenolic OH excluding ortho intramolecular Hbond substituents is 1. The van der Waals surface area contributed by atoms with Crippen LogP contribution in [-0.4, -0.2) is 16.3 Å². The van der Waals surface area contributed by atoms with Crippen LogP contribution in [0.15, 0.2) is 24.3 Å². The van der Waals surface area contributed by atoms with Crippen LogP contribution in [0.2, 0.25) is 0 Å². The molecule has 2 atom stereocenters. The third-order valence-electron chi connectivity index (χ3n) is 3.55. The predicted molar refractivity (Wildman–Crippen MR) is 78.9 cm³/mol. The first-order valence-electron chi connectivity index (χ1n) is 6.51. The van der Waals surface area contributed by atoms with E-state index in [0.717, 1.165) is 5.69 Å². The van der Waals surface area contributed by atoms with Crippen molar-refractivity contribution >= 4 is 23.0 Å². The van der Waals surface area contributed by atoms with Crippen molar-refractivity contribution in [3.8, 4) is 5.75 Å². The molecule has 3 N–H and O–H groups in total. The zero-order chi connectivity index (χ0) is 13.0. The second-order valence-corrected chi connectivity index (χ2v) is 5.42. The van der Waals surface area contributed by atoms with Crippen molar-refractivity contribution in [2.45, 2.75) is 38.6 Å². The van der Waals surface area contributed by atoms with Crippen molar-refractivity contribution in [1.29, 1.82) is 0 Å². The zero-order valence-electron chi connectivity index (χ0n) is 10.6. The molecule has 18 heavy (non-hydrogen) atoms. The highest BCUT2D eigenvalue weighted by Gasteiger charge is 2.21. The molecule has 0 unspecified atom stereocenters. The number of hydrogen-bond donors (Lipinski definition) is 3. The number of rotatable bonds is 2. The van der Waals surface area contributed by atoms with Crippen LogP contribution < -0.4 is 10.6 Å². The van der Waals surface area contributed by atoms with Gasteiger partial charge in [-0.15, -0.1) is 0 Å². The molecule has 0 spiro atoms. The lowest BCUT2D eigenvalue weighted by molar-refractivity contribution is 0.309. The normalized spacial score (nSPS) is 23.4. The number of phenols is 1. The molecule has 2 rings (SSSR count). The van der Waals surface area contributed by atoms with Gasteiger partial charge in [0.15, 0.2) is 5.11 Å². The highest BCUT2D eigenvalue weighted by molar-refractivity contribution is 7.80. The van der Waals surface area contributed by atoms with Crippen LogP contribution in [0.1, 0.15) is 32.6 Å². The molecule has 1 aliphatic carbocycles. The average Bonchev–Trinajstić information content (AvgIpc) is 2.35. The minimum Gasteiger partial charge on any atom is -0.508 e. The summed E-state index contributed by atoms with van der Waals surface area (Å²) in [6, 6.07) is 7.40. The van der Waals surface area contributed by atoms with E-state index in [1.807, 2.05) is 12.1 Å². The summed E-state index contributed by atoms with van der Waals surface area (Å²) in [7, 11) is 0. The summed E-state index contributed by atoms with van der Waals surface area (Å²) >= 11 is 5.32. The Hall–Kier alpha value is -1.29. The molecule has 0 aromatic heterocycles. The Labute approximate surface area is 114 Å². The largest absolute Gasteiger partial charge is 0.508 e. The Morgan fingerprint density at radius 3 is 2.56 bits per heavy atom. The van der Waals surface area contributed by atoms with Gasteiger partial charge in [-0.2, -0.15) is 0 Å². The molecule has 1 fully saturated rings. The minimum atomic E-state index is 0.264. The molecule has 0 radical (unpaired) electrons. The molecule has 0 heterocycles. The van der Waals surface area contributed by atoms with Gasteiger partial charge >= 0.3 is 0 Å². The Morgan fingerprint density at radius 2 is 1.89 bits per heavy atom. The molecule has 3 nitrogen and oxygen atoms in total. The average molecular weight is 264 g/mol. The van der Waals surface area contributed by atoms with E-state index in [9.17, 15) is 5.11 Å². The second-order valence-electron chi connectivity index (χ2n) is 5.01. The number of thiocarbonyl (C=S) groups is 1. The molecular weight excluding hydrogens is 244 g/mol. The highest BCUT2D eigenvalue weighted by Crippen LogP contribution is 2.23. The van der Waals surface area contributed by atoms with Crippen LogP contribution in [0.3, 0.4) is 0 Å². The smallest absolute Gasteiger partial charge is 0.171 e. The van der Waals surface area contributed by atoms with Gasteiger partial charge in [0.25, 0.3) is 0 Å². The first kappa shape index (κ1) is 13.1. The van der Waals surface area contributed by atoms with Crippen molar-refractivity contribution in [3.05, 3.63) is 24.3 Å². The predicted octanol–water partition coefficient (Wildman–Crippen LogP) is 3.26. The first-order valence-corrected chi connectivity index (χ1v) is 6.92. The van der Waals surface area contributed by atoms with Crippen LogP contribution in [0, 0.1) is 5.92 Å². The first-order chi connectivity index (χ1) is 8.65. The molecule has 98 valence electrons. The SMILES string of the molecule is C[C@H]1CCCC[C@@H]1NC(=S)Nc1ccc(O)cc1. The van der Waals surface area contributed by atoms with E-state index < -0.39 is 0 Å². The Balaban J connectivity index is 1.86. The molecule has 0 bridgehead atoms. The van der Waals surface area contributed by atoms with Crippen molar-refractivity contribution in [2.24, 2.45) is 5.92 Å². The van der Waals surface area contributed by atoms with E-state index in [-0.39, 0.29) is 5.75 Å². The fourth-order valence-corrected chi connectivity index (χ4v) is 2.68. The van der Waals surface area contributed by atoms with E-state index in [1.54, 1.807) is 12.1 Å². The number of aromatic hydroxyl groups is 1. The van der Waals surface area contributed by atoms with Gasteiger partial charge in [-0.25, -0.2) is 0 Å². The molecule has 1 aromatic rings. The molecule has 0 amide bonds. The van der Waals surface area contributed by atoms with Gasteiger partial charge in [0, 0.05) is 11.7 Å². The van der Waals surface area contributed by atoms with E-state index >= 15 is 0 Å². The Kier molecular flexibility index (Phi) is 4.42. The van der Waals surface area contributed by atoms with Crippen molar-refractivity contribution in [3.63, 3.8) is 0 Å². The highest BCUT2D eigenvalue weighted by atomic mass is 32.1. The quantitative estimate of drug-likeness (QED) is 0.567. The third kappa shape index (κ3) is 3.60. The van der Waals surface area contributed by atoms with Gasteiger partial charge in [-0.1, -0.05) is 19.8 Å². The lowest BCUT2D eigenvalue weighted by Gasteiger charge is -2.30. The maximum atomic E-state index is 9.21. The van der Waals surface area contributed by atoms with Crippen LogP contribution in [0.25, 0.3) is 0 Å². The molecule has 1 saturated carbocycles. The summed E-state index contributed by atoms with van der Waals surface area (Å²) in [5.41, 5.74) is 0.897.